The lowest BCUT2D eigenvalue weighted by Gasteiger charge is -2.25. The third-order valence-electron chi connectivity index (χ3n) is 5.68. The number of likely N-dealkylation sites (tertiary alicyclic amines) is 1. The number of nitrogens with zero attached hydrogens (tertiary/aromatic N) is 2. The lowest BCUT2D eigenvalue weighted by molar-refractivity contribution is 0.131. The first kappa shape index (κ1) is 21.2. The summed E-state index contributed by atoms with van der Waals surface area (Å²) >= 11 is 0. The van der Waals surface area contributed by atoms with E-state index in [1.807, 2.05) is 0 Å². The van der Waals surface area contributed by atoms with E-state index in [1.54, 1.807) is 0 Å². The Hall–Kier alpha value is -0.120. The summed E-state index contributed by atoms with van der Waals surface area (Å²) in [6.45, 7) is 8.91. The molecule has 0 spiro atoms. The highest BCUT2D eigenvalue weighted by molar-refractivity contribution is 14.0. The first-order chi connectivity index (χ1) is 11.7. The van der Waals surface area contributed by atoms with E-state index in [1.165, 1.54) is 32.4 Å². The van der Waals surface area contributed by atoms with E-state index in [2.05, 4.69) is 22.5 Å². The summed E-state index contributed by atoms with van der Waals surface area (Å²) in [4.78, 5) is 7.46. The lowest BCUT2D eigenvalue weighted by Crippen LogP contribution is -2.41. The van der Waals surface area contributed by atoms with Gasteiger partial charge in [0.25, 0.3) is 0 Å². The fourth-order valence-corrected chi connectivity index (χ4v) is 3.92. The van der Waals surface area contributed by atoms with Gasteiger partial charge >= 0.3 is 0 Å². The molecular formula is C18H35IN4O2. The Morgan fingerprint density at radius 1 is 1.32 bits per heavy atom. The number of guanidine groups is 1. The van der Waals surface area contributed by atoms with Crippen molar-refractivity contribution in [2.45, 2.75) is 45.1 Å². The topological polar surface area (TPSA) is 69.1 Å². The van der Waals surface area contributed by atoms with Crippen LogP contribution in [0, 0.1) is 11.3 Å². The lowest BCUT2D eigenvalue weighted by atomic mass is 9.84. The molecule has 3 rings (SSSR count). The van der Waals surface area contributed by atoms with Crippen molar-refractivity contribution in [1.82, 2.24) is 15.5 Å². The fourth-order valence-electron chi connectivity index (χ4n) is 3.92. The minimum absolute atomic E-state index is 0. The van der Waals surface area contributed by atoms with Gasteiger partial charge in [-0.15, -0.1) is 24.0 Å². The molecule has 3 fully saturated rings. The Labute approximate surface area is 169 Å². The number of aliphatic hydroxyl groups excluding tert-OH is 1. The molecule has 0 aromatic carbocycles. The molecule has 1 aliphatic carbocycles. The molecule has 0 aromatic rings. The van der Waals surface area contributed by atoms with E-state index in [-0.39, 0.29) is 36.0 Å². The van der Waals surface area contributed by atoms with Crippen molar-refractivity contribution in [2.75, 3.05) is 52.5 Å². The minimum Gasteiger partial charge on any atom is -0.396 e. The monoisotopic (exact) mass is 466 g/mol. The number of halogens is 1. The maximum absolute atomic E-state index is 9.34. The molecule has 0 amide bonds. The van der Waals surface area contributed by atoms with E-state index in [0.29, 0.717) is 0 Å². The zero-order chi connectivity index (χ0) is 16.8. The Bertz CT molecular complexity index is 425. The SMILES string of the molecule is CCNC(=NCC1(CCO)CCOC1)NCC1CCN(C2CC2)C1.I. The van der Waals surface area contributed by atoms with Crippen LogP contribution in [0.2, 0.25) is 0 Å². The first-order valence-corrected chi connectivity index (χ1v) is 9.69. The average Bonchev–Trinajstić information content (AvgIpc) is 3.15. The molecule has 0 aromatic heterocycles. The molecule has 2 unspecified atom stereocenters. The summed E-state index contributed by atoms with van der Waals surface area (Å²) in [5.41, 5.74) is 0.0211. The molecule has 2 aliphatic heterocycles. The van der Waals surface area contributed by atoms with Gasteiger partial charge in [-0.3, -0.25) is 4.99 Å². The third-order valence-corrected chi connectivity index (χ3v) is 5.68. The summed E-state index contributed by atoms with van der Waals surface area (Å²) < 4.78 is 5.56. The Balaban J connectivity index is 0.00000225. The first-order valence-electron chi connectivity index (χ1n) is 9.69. The van der Waals surface area contributed by atoms with Crippen LogP contribution in [-0.2, 0) is 4.74 Å². The molecule has 6 nitrogen and oxygen atoms in total. The van der Waals surface area contributed by atoms with Gasteiger partial charge in [0.1, 0.15) is 0 Å². The summed E-state index contributed by atoms with van der Waals surface area (Å²) in [6, 6.07) is 0.887. The molecule has 2 saturated heterocycles. The van der Waals surface area contributed by atoms with E-state index in [4.69, 9.17) is 9.73 Å². The molecule has 146 valence electrons. The number of hydrogen-bond acceptors (Lipinski definition) is 4. The Morgan fingerprint density at radius 2 is 2.16 bits per heavy atom. The van der Waals surface area contributed by atoms with Gasteiger partial charge in [-0.2, -0.15) is 0 Å². The van der Waals surface area contributed by atoms with Crippen LogP contribution in [-0.4, -0.2) is 74.6 Å². The number of rotatable bonds is 8. The molecule has 0 bridgehead atoms. The van der Waals surface area contributed by atoms with Gasteiger partial charge in [0.05, 0.1) is 13.2 Å². The van der Waals surface area contributed by atoms with Crippen LogP contribution < -0.4 is 10.6 Å². The number of nitrogens with one attached hydrogen (secondary N) is 2. The minimum atomic E-state index is 0. The van der Waals surface area contributed by atoms with Gasteiger partial charge in [-0.05, 0) is 51.5 Å². The Morgan fingerprint density at radius 3 is 2.80 bits per heavy atom. The van der Waals surface area contributed by atoms with Gasteiger partial charge < -0.3 is 25.4 Å². The standard InChI is InChI=1S/C18H34N4O2.HI/c1-2-19-17(21-13-18(6-9-23)7-10-24-14-18)20-11-15-5-8-22(12-15)16-3-4-16;/h15-16,23H,2-14H2,1H3,(H2,19,20,21);1H. The van der Waals surface area contributed by atoms with Crippen LogP contribution in [0.25, 0.3) is 0 Å². The van der Waals surface area contributed by atoms with Gasteiger partial charge in [-0.1, -0.05) is 0 Å². The summed E-state index contributed by atoms with van der Waals surface area (Å²) in [7, 11) is 0. The van der Waals surface area contributed by atoms with Crippen LogP contribution in [0.15, 0.2) is 4.99 Å². The van der Waals surface area contributed by atoms with Crippen LogP contribution in [0.3, 0.4) is 0 Å². The molecule has 25 heavy (non-hydrogen) atoms. The highest BCUT2D eigenvalue weighted by atomic mass is 127. The van der Waals surface area contributed by atoms with Crippen molar-refractivity contribution in [3.8, 4) is 0 Å². The molecule has 2 atom stereocenters. The smallest absolute Gasteiger partial charge is 0.191 e. The maximum atomic E-state index is 9.34. The molecule has 0 radical (unpaired) electrons. The van der Waals surface area contributed by atoms with E-state index >= 15 is 0 Å². The van der Waals surface area contributed by atoms with Crippen molar-refractivity contribution >= 4 is 29.9 Å². The van der Waals surface area contributed by atoms with Crippen molar-refractivity contribution in [2.24, 2.45) is 16.3 Å². The van der Waals surface area contributed by atoms with Crippen molar-refractivity contribution in [3.05, 3.63) is 0 Å². The van der Waals surface area contributed by atoms with E-state index in [0.717, 1.165) is 63.6 Å². The predicted molar refractivity (Wildman–Crippen MR) is 112 cm³/mol. The fraction of sp³-hybridized carbons (Fsp3) is 0.944. The molecule has 3 N–H and O–H groups in total. The molecular weight excluding hydrogens is 431 g/mol. The van der Waals surface area contributed by atoms with Gasteiger partial charge in [-0.25, -0.2) is 0 Å². The van der Waals surface area contributed by atoms with Crippen LogP contribution in [0.4, 0.5) is 0 Å². The van der Waals surface area contributed by atoms with Crippen LogP contribution in [0.5, 0.6) is 0 Å². The summed E-state index contributed by atoms with van der Waals surface area (Å²) in [5, 5.41) is 16.2. The Kier molecular flexibility index (Phi) is 8.71. The van der Waals surface area contributed by atoms with E-state index < -0.39 is 0 Å². The molecule has 7 heteroatoms. The van der Waals surface area contributed by atoms with Crippen LogP contribution >= 0.6 is 24.0 Å². The summed E-state index contributed by atoms with van der Waals surface area (Å²) in [6.07, 6.45) is 5.87. The number of ether oxygens (including phenoxy) is 1. The van der Waals surface area contributed by atoms with Crippen molar-refractivity contribution in [1.29, 1.82) is 0 Å². The predicted octanol–water partition coefficient (Wildman–Crippen LogP) is 1.43. The third kappa shape index (κ3) is 6.22. The summed E-state index contributed by atoms with van der Waals surface area (Å²) in [5.74, 6) is 1.64. The van der Waals surface area contributed by atoms with Crippen LogP contribution in [0.1, 0.15) is 39.0 Å². The maximum Gasteiger partial charge on any atom is 0.191 e. The second kappa shape index (κ2) is 10.3. The van der Waals surface area contributed by atoms with E-state index in [9.17, 15) is 5.11 Å². The highest BCUT2D eigenvalue weighted by Crippen LogP contribution is 2.33. The van der Waals surface area contributed by atoms with Gasteiger partial charge in [0.15, 0.2) is 5.96 Å². The molecule has 2 heterocycles. The van der Waals surface area contributed by atoms with Crippen molar-refractivity contribution < 1.29 is 9.84 Å². The highest BCUT2D eigenvalue weighted by Gasteiger charge is 2.35. The average molecular weight is 466 g/mol. The second-order valence-electron chi connectivity index (χ2n) is 7.73. The zero-order valence-corrected chi connectivity index (χ0v) is 17.8. The second-order valence-corrected chi connectivity index (χ2v) is 7.73. The van der Waals surface area contributed by atoms with Gasteiger partial charge in [0.2, 0.25) is 0 Å². The quantitative estimate of drug-likeness (QED) is 0.287. The largest absolute Gasteiger partial charge is 0.396 e. The number of aliphatic hydroxyl groups is 1. The molecule has 1 saturated carbocycles. The number of hydrogen-bond donors (Lipinski definition) is 3. The zero-order valence-electron chi connectivity index (χ0n) is 15.5. The van der Waals surface area contributed by atoms with Gasteiger partial charge in [0, 0.05) is 44.3 Å². The van der Waals surface area contributed by atoms with Crippen molar-refractivity contribution in [3.63, 3.8) is 0 Å². The normalized spacial score (nSPS) is 30.3. The number of aliphatic imine (C=N–C) groups is 1. The molecule has 3 aliphatic rings.